The fraction of sp³-hybridized carbons (Fsp3) is 0.436. The van der Waals surface area contributed by atoms with Crippen LogP contribution in [0.3, 0.4) is 0 Å². The Hall–Kier alpha value is -3.15. The van der Waals surface area contributed by atoms with Crippen LogP contribution < -0.4 is 16.4 Å². The maximum atomic E-state index is 12.6. The number of anilines is 2. The SMILES string of the molecule is CC(C(=O)Nc1ccc(Cl)cc1)C12CC(N)(C1)C2.Cc1nccc(Br)n1.Cc1nccc(CC23CC(C(C)C(=O)Nc4ccc(Cl)cc4)(C2)C3)n1.Cl. The van der Waals surface area contributed by atoms with Crippen molar-refractivity contribution in [1.29, 1.82) is 0 Å². The first kappa shape index (κ1) is 40.0. The van der Waals surface area contributed by atoms with Crippen molar-refractivity contribution >= 4 is 74.7 Å². The number of hydrogen-bond acceptors (Lipinski definition) is 7. The Morgan fingerprint density at radius 1 is 0.731 bits per heavy atom. The number of nitrogens with zero attached hydrogens (tertiary/aromatic N) is 4. The lowest BCUT2D eigenvalue weighted by atomic mass is 9.31. The van der Waals surface area contributed by atoms with E-state index < -0.39 is 0 Å². The molecule has 0 saturated heterocycles. The molecule has 6 aliphatic carbocycles. The summed E-state index contributed by atoms with van der Waals surface area (Å²) in [6.45, 7) is 7.84. The highest BCUT2D eigenvalue weighted by atomic mass is 79.9. The third-order valence-corrected chi connectivity index (χ3v) is 12.2. The summed E-state index contributed by atoms with van der Waals surface area (Å²) in [6, 6.07) is 18.3. The number of nitrogens with two attached hydrogens (primary N) is 1. The molecule has 0 spiro atoms. The molecule has 2 atom stereocenters. The zero-order chi connectivity index (χ0) is 36.6. The molecule has 2 heterocycles. The first-order chi connectivity index (χ1) is 24.1. The zero-order valence-electron chi connectivity index (χ0n) is 29.8. The van der Waals surface area contributed by atoms with Gasteiger partial charge in [-0.25, -0.2) is 19.9 Å². The van der Waals surface area contributed by atoms with Gasteiger partial charge in [0.05, 0.1) is 0 Å². The van der Waals surface area contributed by atoms with E-state index in [1.165, 1.54) is 0 Å². The molecule has 6 fully saturated rings. The third kappa shape index (κ3) is 8.79. The van der Waals surface area contributed by atoms with E-state index >= 15 is 0 Å². The van der Waals surface area contributed by atoms with Gasteiger partial charge in [0, 0.05) is 56.9 Å². The first-order valence-corrected chi connectivity index (χ1v) is 18.8. The highest BCUT2D eigenvalue weighted by Gasteiger charge is 2.70. The highest BCUT2D eigenvalue weighted by Crippen LogP contribution is 2.77. The van der Waals surface area contributed by atoms with E-state index in [4.69, 9.17) is 28.9 Å². The smallest absolute Gasteiger partial charge is 0.227 e. The average Bonchev–Trinajstić information content (AvgIpc) is 3.02. The molecule has 10 rings (SSSR count). The Morgan fingerprint density at radius 3 is 1.54 bits per heavy atom. The lowest BCUT2D eigenvalue weighted by Gasteiger charge is -2.73. The van der Waals surface area contributed by atoms with E-state index in [1.807, 2.05) is 57.3 Å². The fourth-order valence-electron chi connectivity index (χ4n) is 8.68. The molecule has 6 aliphatic rings. The molecule has 6 saturated carbocycles. The van der Waals surface area contributed by atoms with Gasteiger partial charge in [0.15, 0.2) is 0 Å². The second-order valence-corrected chi connectivity index (χ2v) is 17.0. The predicted molar refractivity (Wildman–Crippen MR) is 213 cm³/mol. The van der Waals surface area contributed by atoms with Crippen molar-refractivity contribution in [1.82, 2.24) is 19.9 Å². The molecule has 2 aromatic carbocycles. The van der Waals surface area contributed by atoms with Gasteiger partial charge in [-0.15, -0.1) is 12.4 Å². The van der Waals surface area contributed by atoms with Crippen LogP contribution in [0.25, 0.3) is 0 Å². The molecule has 4 bridgehead atoms. The Balaban J connectivity index is 0.000000169. The van der Waals surface area contributed by atoms with Crippen LogP contribution in [0.2, 0.25) is 10.0 Å². The molecule has 4 N–H and O–H groups in total. The summed E-state index contributed by atoms with van der Waals surface area (Å²) >= 11 is 14.9. The van der Waals surface area contributed by atoms with E-state index in [2.05, 4.69) is 53.4 Å². The Labute approximate surface area is 330 Å². The number of carbonyl (C=O) groups is 2. The summed E-state index contributed by atoms with van der Waals surface area (Å²) in [5, 5.41) is 7.31. The van der Waals surface area contributed by atoms with Gasteiger partial charge in [-0.1, -0.05) is 37.0 Å². The number of aryl methyl sites for hydroxylation is 2. The lowest BCUT2D eigenvalue weighted by molar-refractivity contribution is -0.228. The largest absolute Gasteiger partial charge is 0.326 e. The summed E-state index contributed by atoms with van der Waals surface area (Å²) in [7, 11) is 0. The van der Waals surface area contributed by atoms with Gasteiger partial charge < -0.3 is 16.4 Å². The summed E-state index contributed by atoms with van der Waals surface area (Å²) in [4.78, 5) is 41.4. The minimum atomic E-state index is 0. The number of hydrogen-bond donors (Lipinski definition) is 3. The quantitative estimate of drug-likeness (QED) is 0.151. The van der Waals surface area contributed by atoms with Crippen LogP contribution in [0.1, 0.15) is 69.7 Å². The van der Waals surface area contributed by atoms with Gasteiger partial charge in [-0.2, -0.15) is 0 Å². The number of nitrogens with one attached hydrogen (secondary N) is 2. The molecule has 13 heteroatoms. The summed E-state index contributed by atoms with van der Waals surface area (Å²) in [6.07, 6.45) is 10.9. The van der Waals surface area contributed by atoms with Crippen LogP contribution in [-0.4, -0.2) is 37.3 Å². The molecule has 0 radical (unpaired) electrons. The van der Waals surface area contributed by atoms with Crippen LogP contribution >= 0.6 is 51.5 Å². The minimum absolute atomic E-state index is 0. The molecule has 2 aromatic heterocycles. The van der Waals surface area contributed by atoms with Crippen LogP contribution in [0.5, 0.6) is 0 Å². The molecular weight excluding hydrogens is 785 g/mol. The van der Waals surface area contributed by atoms with Crippen LogP contribution in [0.4, 0.5) is 11.4 Å². The van der Waals surface area contributed by atoms with Crippen molar-refractivity contribution in [2.75, 3.05) is 10.6 Å². The molecule has 276 valence electrons. The Kier molecular flexibility index (Phi) is 12.1. The Morgan fingerprint density at radius 2 is 1.15 bits per heavy atom. The Bertz CT molecular complexity index is 1850. The van der Waals surface area contributed by atoms with Crippen molar-refractivity contribution in [3.8, 4) is 0 Å². The third-order valence-electron chi connectivity index (χ3n) is 11.3. The number of aromatic nitrogens is 4. The molecule has 0 aliphatic heterocycles. The first-order valence-electron chi connectivity index (χ1n) is 17.3. The second kappa shape index (κ2) is 15.7. The van der Waals surface area contributed by atoms with Crippen LogP contribution in [0, 0.1) is 41.9 Å². The minimum Gasteiger partial charge on any atom is -0.326 e. The van der Waals surface area contributed by atoms with E-state index in [0.717, 1.165) is 78.3 Å². The van der Waals surface area contributed by atoms with E-state index in [1.54, 1.807) is 36.5 Å². The van der Waals surface area contributed by atoms with Crippen molar-refractivity contribution in [2.45, 2.75) is 78.2 Å². The normalized spacial score (nSPS) is 26.6. The van der Waals surface area contributed by atoms with Gasteiger partial charge in [0.1, 0.15) is 16.3 Å². The number of halogens is 4. The molecule has 4 aromatic rings. The molecule has 2 amide bonds. The standard InChI is InChI=1S/C20H22ClN3O.C14H17ClN2O.C5H5BrN2.ClH/c1-13(18(25)24-16-5-3-15(21)4-6-16)20-10-19(11-20,12-20)9-17-7-8-22-14(2)23-17;1-9(13-6-14(16,7-13)8-13)12(18)17-11-4-2-10(15)3-5-11;1-4-7-3-2-5(6)8-4;/h3-8,13H,9-12H2,1-2H3,(H,24,25);2-5,9H,6-8,16H2,1H3,(H,17,18);2-3H,1H3;1H. The van der Waals surface area contributed by atoms with E-state index in [0.29, 0.717) is 15.5 Å². The van der Waals surface area contributed by atoms with Gasteiger partial charge in [0.2, 0.25) is 11.8 Å². The molecular formula is C39H45BrCl3N7O2. The van der Waals surface area contributed by atoms with Crippen molar-refractivity contribution in [3.63, 3.8) is 0 Å². The summed E-state index contributed by atoms with van der Waals surface area (Å²) in [5.41, 5.74) is 9.52. The molecule has 9 nitrogen and oxygen atoms in total. The summed E-state index contributed by atoms with van der Waals surface area (Å²) in [5.74, 6) is 1.86. The average molecular weight is 830 g/mol. The van der Waals surface area contributed by atoms with Crippen LogP contribution in [0.15, 0.2) is 77.7 Å². The maximum Gasteiger partial charge on any atom is 0.227 e. The number of benzene rings is 2. The fourth-order valence-corrected chi connectivity index (χ4v) is 9.30. The molecule has 52 heavy (non-hydrogen) atoms. The maximum absolute atomic E-state index is 12.6. The zero-order valence-corrected chi connectivity index (χ0v) is 33.7. The van der Waals surface area contributed by atoms with E-state index in [9.17, 15) is 9.59 Å². The monoisotopic (exact) mass is 827 g/mol. The van der Waals surface area contributed by atoms with Gasteiger partial charge in [-0.3, -0.25) is 9.59 Å². The predicted octanol–water partition coefficient (Wildman–Crippen LogP) is 9.19. The van der Waals surface area contributed by atoms with Crippen molar-refractivity contribution in [3.05, 3.63) is 105 Å². The van der Waals surface area contributed by atoms with Gasteiger partial charge >= 0.3 is 0 Å². The van der Waals surface area contributed by atoms with Gasteiger partial charge in [-0.05, 0) is 152 Å². The highest BCUT2D eigenvalue weighted by molar-refractivity contribution is 9.10. The second-order valence-electron chi connectivity index (χ2n) is 15.3. The van der Waals surface area contributed by atoms with Crippen molar-refractivity contribution < 1.29 is 9.59 Å². The van der Waals surface area contributed by atoms with E-state index in [-0.39, 0.29) is 52.4 Å². The van der Waals surface area contributed by atoms with Crippen molar-refractivity contribution in [2.24, 2.45) is 33.8 Å². The number of rotatable bonds is 8. The number of carbonyl (C=O) groups excluding carboxylic acids is 2. The topological polar surface area (TPSA) is 136 Å². The lowest BCUT2D eigenvalue weighted by Crippen LogP contribution is -2.75. The van der Waals surface area contributed by atoms with Crippen LogP contribution in [-0.2, 0) is 16.0 Å². The summed E-state index contributed by atoms with van der Waals surface area (Å²) < 4.78 is 0.838. The number of amides is 2. The molecule has 2 unspecified atom stereocenters. The van der Waals surface area contributed by atoms with Gasteiger partial charge in [0.25, 0.3) is 0 Å².